The fourth-order valence-corrected chi connectivity index (χ4v) is 6.16. The number of carbonyl (C=O) groups excluding carboxylic acids is 1. The molecule has 0 spiro atoms. The predicted molar refractivity (Wildman–Crippen MR) is 135 cm³/mol. The summed E-state index contributed by atoms with van der Waals surface area (Å²) in [7, 11) is 0. The molecule has 0 aromatic heterocycles. The van der Waals surface area contributed by atoms with E-state index in [0.29, 0.717) is 6.54 Å². The molecular formula is C26H23N3OS2. The summed E-state index contributed by atoms with van der Waals surface area (Å²) in [4.78, 5) is 24.5. The number of para-hydroxylation sites is 1. The zero-order valence-corrected chi connectivity index (χ0v) is 19.6. The minimum atomic E-state index is 0.0125. The Bertz CT molecular complexity index is 1220. The molecular weight excluding hydrogens is 434 g/mol. The van der Waals surface area contributed by atoms with E-state index < -0.39 is 0 Å². The lowest BCUT2D eigenvalue weighted by Crippen LogP contribution is -2.29. The van der Waals surface area contributed by atoms with E-state index in [-0.39, 0.29) is 5.91 Å². The summed E-state index contributed by atoms with van der Waals surface area (Å²) in [6.07, 6.45) is 0. The first-order valence-corrected chi connectivity index (χ1v) is 12.2. The van der Waals surface area contributed by atoms with Crippen LogP contribution in [0.4, 0.5) is 11.4 Å². The molecule has 160 valence electrons. The molecule has 0 bridgehead atoms. The largest absolute Gasteiger partial charge is 0.334 e. The molecule has 4 nitrogen and oxygen atoms in total. The van der Waals surface area contributed by atoms with Gasteiger partial charge in [0.05, 0.1) is 17.9 Å². The van der Waals surface area contributed by atoms with Crippen LogP contribution in [-0.2, 0) is 11.3 Å². The van der Waals surface area contributed by atoms with Crippen LogP contribution in [0.2, 0.25) is 0 Å². The van der Waals surface area contributed by atoms with E-state index in [0.717, 1.165) is 38.6 Å². The average molecular weight is 458 g/mol. The molecule has 0 unspecified atom stereocenters. The van der Waals surface area contributed by atoms with E-state index >= 15 is 0 Å². The lowest BCUT2D eigenvalue weighted by molar-refractivity contribution is -0.122. The fourth-order valence-electron chi connectivity index (χ4n) is 3.77. The number of carbonyl (C=O) groups is 1. The number of aliphatic imine (C=N–C) groups is 1. The Morgan fingerprint density at radius 1 is 0.844 bits per heavy atom. The molecule has 32 heavy (non-hydrogen) atoms. The number of amidine groups is 1. The van der Waals surface area contributed by atoms with Gasteiger partial charge < -0.3 is 4.90 Å². The van der Waals surface area contributed by atoms with Crippen molar-refractivity contribution in [1.29, 1.82) is 0 Å². The molecule has 3 aromatic rings. The number of thioether (sulfide) groups is 2. The number of rotatable bonds is 4. The average Bonchev–Trinajstić information content (AvgIpc) is 3.33. The van der Waals surface area contributed by atoms with E-state index in [1.54, 1.807) is 16.7 Å². The third-order valence-corrected chi connectivity index (χ3v) is 7.80. The van der Waals surface area contributed by atoms with E-state index in [1.165, 1.54) is 22.2 Å². The van der Waals surface area contributed by atoms with Crippen LogP contribution in [0, 0.1) is 6.92 Å². The molecule has 2 heterocycles. The van der Waals surface area contributed by atoms with Gasteiger partial charge in [0.2, 0.25) is 0 Å². The van der Waals surface area contributed by atoms with Crippen molar-refractivity contribution in [1.82, 2.24) is 4.90 Å². The molecule has 0 atom stereocenters. The van der Waals surface area contributed by atoms with Crippen molar-refractivity contribution in [3.63, 3.8) is 0 Å². The Labute approximate surface area is 197 Å². The zero-order chi connectivity index (χ0) is 22.1. The van der Waals surface area contributed by atoms with Gasteiger partial charge >= 0.3 is 0 Å². The number of hydrogen-bond acceptors (Lipinski definition) is 5. The van der Waals surface area contributed by atoms with Gasteiger partial charge in [0, 0.05) is 11.4 Å². The highest BCUT2D eigenvalue weighted by molar-refractivity contribution is 8.19. The van der Waals surface area contributed by atoms with Crippen molar-refractivity contribution in [2.24, 2.45) is 4.99 Å². The molecule has 0 aliphatic carbocycles. The molecule has 0 saturated carbocycles. The maximum absolute atomic E-state index is 13.7. The highest BCUT2D eigenvalue weighted by Crippen LogP contribution is 2.50. The van der Waals surface area contributed by atoms with Crippen LogP contribution in [0.25, 0.3) is 0 Å². The van der Waals surface area contributed by atoms with Crippen molar-refractivity contribution in [3.05, 3.63) is 99.9 Å². The summed E-state index contributed by atoms with van der Waals surface area (Å²) in [6, 6.07) is 26.5. The quantitative estimate of drug-likeness (QED) is 0.416. The van der Waals surface area contributed by atoms with E-state index in [2.05, 4.69) is 30.9 Å². The molecule has 0 N–H and O–H groups in total. The van der Waals surface area contributed by atoms with Gasteiger partial charge in [0.1, 0.15) is 9.93 Å². The standard InChI is InChI=1S/C26H23N3OS2/c1-3-28-21-11-7-8-12-22(21)31-25(28)23-24(30)29(17-19-9-5-4-6-10-19)26(32-23)27-20-15-13-18(2)14-16-20/h4-16H,3,17H2,1-2H3. The maximum Gasteiger partial charge on any atom is 0.269 e. The number of benzene rings is 3. The molecule has 2 aliphatic heterocycles. The first-order valence-electron chi connectivity index (χ1n) is 10.6. The van der Waals surface area contributed by atoms with Crippen molar-refractivity contribution in [3.8, 4) is 0 Å². The van der Waals surface area contributed by atoms with Gasteiger partial charge in [-0.05, 0) is 55.4 Å². The SMILES string of the molecule is CCN1C(=C2SC(=Nc3ccc(C)cc3)N(Cc3ccccc3)C2=O)Sc2ccccc21. The van der Waals surface area contributed by atoms with Crippen LogP contribution in [0.3, 0.4) is 0 Å². The highest BCUT2D eigenvalue weighted by Gasteiger charge is 2.39. The van der Waals surface area contributed by atoms with Gasteiger partial charge in [0.15, 0.2) is 5.17 Å². The molecule has 1 fully saturated rings. The third-order valence-electron chi connectivity index (χ3n) is 5.42. The minimum Gasteiger partial charge on any atom is -0.334 e. The molecule has 3 aromatic carbocycles. The molecule has 1 amide bonds. The number of aryl methyl sites for hydroxylation is 1. The summed E-state index contributed by atoms with van der Waals surface area (Å²) >= 11 is 3.15. The van der Waals surface area contributed by atoms with Crippen LogP contribution >= 0.6 is 23.5 Å². The van der Waals surface area contributed by atoms with Crippen LogP contribution in [0.5, 0.6) is 0 Å². The Morgan fingerprint density at radius 3 is 2.31 bits per heavy atom. The second-order valence-electron chi connectivity index (χ2n) is 7.66. The fraction of sp³-hybridized carbons (Fsp3) is 0.154. The van der Waals surface area contributed by atoms with Gasteiger partial charge in [0.25, 0.3) is 5.91 Å². The summed E-state index contributed by atoms with van der Waals surface area (Å²) in [5, 5.41) is 1.72. The normalized spacial score (nSPS) is 19.2. The Kier molecular flexibility index (Phi) is 5.81. The van der Waals surface area contributed by atoms with Crippen molar-refractivity contribution >= 4 is 46.0 Å². The second-order valence-corrected chi connectivity index (χ2v) is 9.67. The Balaban J connectivity index is 1.56. The van der Waals surface area contributed by atoms with E-state index in [4.69, 9.17) is 4.99 Å². The molecule has 2 aliphatic rings. The zero-order valence-electron chi connectivity index (χ0n) is 18.0. The minimum absolute atomic E-state index is 0.0125. The number of hydrogen-bond donors (Lipinski definition) is 0. The predicted octanol–water partition coefficient (Wildman–Crippen LogP) is 6.56. The van der Waals surface area contributed by atoms with Crippen LogP contribution < -0.4 is 4.90 Å². The first kappa shape index (κ1) is 20.9. The maximum atomic E-state index is 13.7. The van der Waals surface area contributed by atoms with Gasteiger partial charge in [-0.1, -0.05) is 71.9 Å². The molecule has 1 saturated heterocycles. The first-order chi connectivity index (χ1) is 15.6. The molecule has 0 radical (unpaired) electrons. The van der Waals surface area contributed by atoms with Crippen molar-refractivity contribution in [2.45, 2.75) is 25.3 Å². The van der Waals surface area contributed by atoms with Crippen molar-refractivity contribution in [2.75, 3.05) is 11.4 Å². The number of nitrogens with zero attached hydrogens (tertiary/aromatic N) is 3. The van der Waals surface area contributed by atoms with Crippen LogP contribution in [-0.4, -0.2) is 22.5 Å². The topological polar surface area (TPSA) is 35.9 Å². The summed E-state index contributed by atoms with van der Waals surface area (Å²) in [5.74, 6) is 0.0125. The van der Waals surface area contributed by atoms with Gasteiger partial charge in [-0.2, -0.15) is 0 Å². The van der Waals surface area contributed by atoms with Gasteiger partial charge in [-0.25, -0.2) is 4.99 Å². The highest BCUT2D eigenvalue weighted by atomic mass is 32.2. The van der Waals surface area contributed by atoms with E-state index in [1.807, 2.05) is 66.7 Å². The number of amides is 1. The Morgan fingerprint density at radius 2 is 1.56 bits per heavy atom. The van der Waals surface area contributed by atoms with Crippen LogP contribution in [0.1, 0.15) is 18.1 Å². The second kappa shape index (κ2) is 8.88. The van der Waals surface area contributed by atoms with Gasteiger partial charge in [-0.15, -0.1) is 0 Å². The summed E-state index contributed by atoms with van der Waals surface area (Å²) in [5.41, 5.74) is 4.28. The lowest BCUT2D eigenvalue weighted by Gasteiger charge is -2.19. The summed E-state index contributed by atoms with van der Waals surface area (Å²) < 4.78 is 0. The molecule has 6 heteroatoms. The number of fused-ring (bicyclic) bond motifs is 1. The Hall–Kier alpha value is -2.96. The van der Waals surface area contributed by atoms with Crippen molar-refractivity contribution < 1.29 is 4.79 Å². The third kappa shape index (κ3) is 3.96. The van der Waals surface area contributed by atoms with Crippen LogP contribution in [0.15, 0.2) is 98.7 Å². The summed E-state index contributed by atoms with van der Waals surface area (Å²) in [6.45, 7) is 5.48. The smallest absolute Gasteiger partial charge is 0.269 e. The number of anilines is 1. The van der Waals surface area contributed by atoms with E-state index in [9.17, 15) is 4.79 Å². The monoisotopic (exact) mass is 457 g/mol. The van der Waals surface area contributed by atoms with Gasteiger partial charge in [-0.3, -0.25) is 9.69 Å². The lowest BCUT2D eigenvalue weighted by atomic mass is 10.2. The molecule has 5 rings (SSSR count).